The van der Waals surface area contributed by atoms with Gasteiger partial charge in [-0.05, 0) is 29.8 Å². The van der Waals surface area contributed by atoms with Crippen molar-refractivity contribution in [3.8, 4) is 23.0 Å². The lowest BCUT2D eigenvalue weighted by Crippen LogP contribution is -2.28. The van der Waals surface area contributed by atoms with Crippen molar-refractivity contribution in [3.63, 3.8) is 0 Å². The molecule has 3 aromatic rings. The highest BCUT2D eigenvalue weighted by molar-refractivity contribution is 6.36. The molecular weight excluding hydrogens is 495 g/mol. The number of carbonyl (C=O) groups excluding carboxylic acids is 2. The maximum atomic E-state index is 13.2. The van der Waals surface area contributed by atoms with Crippen molar-refractivity contribution in [2.45, 2.75) is 13.0 Å². The van der Waals surface area contributed by atoms with Gasteiger partial charge in [-0.25, -0.2) is 0 Å². The van der Waals surface area contributed by atoms with Crippen molar-refractivity contribution < 1.29 is 28.5 Å². The van der Waals surface area contributed by atoms with E-state index in [4.69, 9.17) is 42.1 Å². The topological polar surface area (TPSA) is 96.0 Å². The molecule has 0 fully saturated rings. The lowest BCUT2D eigenvalue weighted by molar-refractivity contribution is -0.123. The number of rotatable bonds is 11. The van der Waals surface area contributed by atoms with Crippen molar-refractivity contribution in [3.05, 3.63) is 75.5 Å². The number of aromatic nitrogens is 1. The van der Waals surface area contributed by atoms with Crippen LogP contribution in [0.15, 0.2) is 48.8 Å². The van der Waals surface area contributed by atoms with Gasteiger partial charge in [-0.15, -0.1) is 0 Å². The van der Waals surface area contributed by atoms with Crippen LogP contribution in [0.5, 0.6) is 23.0 Å². The highest BCUT2D eigenvalue weighted by Gasteiger charge is 2.23. The summed E-state index contributed by atoms with van der Waals surface area (Å²) in [5.74, 6) is 0.614. The fourth-order valence-corrected chi connectivity index (χ4v) is 3.76. The van der Waals surface area contributed by atoms with Gasteiger partial charge in [0.1, 0.15) is 5.75 Å². The summed E-state index contributed by atoms with van der Waals surface area (Å²) in [5, 5.41) is 3.31. The molecule has 0 aliphatic rings. The zero-order chi connectivity index (χ0) is 25.4. The number of hydrogen-bond acceptors (Lipinski definition) is 7. The SMILES string of the molecule is COc1ccc(CNC(=O)COc2c(C(=O)Cc3c(Cl)cncc3Cl)ccc(OC)c2OC)cc1. The second-order valence-electron chi connectivity index (χ2n) is 7.27. The molecule has 8 nitrogen and oxygen atoms in total. The van der Waals surface area contributed by atoms with Gasteiger partial charge in [0, 0.05) is 30.9 Å². The summed E-state index contributed by atoms with van der Waals surface area (Å²) in [6, 6.07) is 10.4. The molecule has 0 saturated carbocycles. The molecule has 0 unspecified atom stereocenters. The molecule has 2 aromatic carbocycles. The monoisotopic (exact) mass is 518 g/mol. The summed E-state index contributed by atoms with van der Waals surface area (Å²) in [7, 11) is 4.46. The summed E-state index contributed by atoms with van der Waals surface area (Å²) in [5.41, 5.74) is 1.51. The molecule has 1 heterocycles. The van der Waals surface area contributed by atoms with E-state index in [1.165, 1.54) is 32.7 Å². The predicted molar refractivity (Wildman–Crippen MR) is 132 cm³/mol. The molecule has 35 heavy (non-hydrogen) atoms. The number of amides is 1. The summed E-state index contributed by atoms with van der Waals surface area (Å²) in [6.07, 6.45) is 2.72. The van der Waals surface area contributed by atoms with Crippen molar-refractivity contribution in [1.82, 2.24) is 10.3 Å². The smallest absolute Gasteiger partial charge is 0.258 e. The number of benzene rings is 2. The first kappa shape index (κ1) is 26.1. The Morgan fingerprint density at radius 2 is 1.57 bits per heavy atom. The van der Waals surface area contributed by atoms with E-state index in [2.05, 4.69) is 10.3 Å². The molecule has 0 aliphatic carbocycles. The van der Waals surface area contributed by atoms with E-state index < -0.39 is 0 Å². The zero-order valence-electron chi connectivity index (χ0n) is 19.4. The van der Waals surface area contributed by atoms with Crippen molar-refractivity contribution >= 4 is 34.9 Å². The van der Waals surface area contributed by atoms with Crippen LogP contribution in [0.3, 0.4) is 0 Å². The minimum Gasteiger partial charge on any atom is -0.497 e. The van der Waals surface area contributed by atoms with Crippen LogP contribution in [0.4, 0.5) is 0 Å². The van der Waals surface area contributed by atoms with E-state index in [1.807, 2.05) is 12.1 Å². The average Bonchev–Trinajstić information content (AvgIpc) is 2.87. The van der Waals surface area contributed by atoms with Gasteiger partial charge < -0.3 is 24.3 Å². The number of nitrogens with one attached hydrogen (secondary N) is 1. The van der Waals surface area contributed by atoms with Crippen molar-refractivity contribution in [2.75, 3.05) is 27.9 Å². The van der Waals surface area contributed by atoms with Gasteiger partial charge >= 0.3 is 0 Å². The molecule has 1 amide bonds. The second kappa shape index (κ2) is 12.3. The molecule has 184 valence electrons. The Labute approximate surface area is 213 Å². The number of pyridine rings is 1. The van der Waals surface area contributed by atoms with Gasteiger partial charge in [0.15, 0.2) is 23.9 Å². The van der Waals surface area contributed by atoms with Crippen LogP contribution >= 0.6 is 23.2 Å². The summed E-state index contributed by atoms with van der Waals surface area (Å²) >= 11 is 12.4. The Kier molecular flexibility index (Phi) is 9.17. The van der Waals surface area contributed by atoms with Crippen molar-refractivity contribution in [2.24, 2.45) is 0 Å². The number of methoxy groups -OCH3 is 3. The third-order valence-corrected chi connectivity index (χ3v) is 5.74. The molecule has 0 aliphatic heterocycles. The lowest BCUT2D eigenvalue weighted by Gasteiger charge is -2.17. The fraction of sp³-hybridized carbons (Fsp3) is 0.240. The number of carbonyl (C=O) groups is 2. The second-order valence-corrected chi connectivity index (χ2v) is 8.09. The number of nitrogens with zero attached hydrogens (tertiary/aromatic N) is 1. The molecular formula is C25H24Cl2N2O6. The van der Waals surface area contributed by atoms with Crippen LogP contribution in [0.1, 0.15) is 21.5 Å². The largest absolute Gasteiger partial charge is 0.497 e. The van der Waals surface area contributed by atoms with Crippen LogP contribution in [0, 0.1) is 0 Å². The Bertz CT molecular complexity index is 1180. The van der Waals surface area contributed by atoms with Crippen LogP contribution in [-0.2, 0) is 17.8 Å². The predicted octanol–water partition coefficient (Wildman–Crippen LogP) is 4.53. The maximum absolute atomic E-state index is 13.2. The molecule has 0 atom stereocenters. The summed E-state index contributed by atoms with van der Waals surface area (Å²) in [6.45, 7) is -0.0526. The molecule has 3 rings (SSSR count). The number of halogens is 2. The van der Waals surface area contributed by atoms with Crippen LogP contribution in [0.2, 0.25) is 10.0 Å². The Balaban J connectivity index is 1.77. The number of hydrogen-bond donors (Lipinski definition) is 1. The number of ether oxygens (including phenoxy) is 4. The number of Topliss-reactive ketones (excluding diaryl/α,β-unsaturated/α-hetero) is 1. The molecule has 10 heteroatoms. The maximum Gasteiger partial charge on any atom is 0.258 e. The molecule has 0 saturated heterocycles. The van der Waals surface area contributed by atoms with E-state index in [0.29, 0.717) is 17.9 Å². The quantitative estimate of drug-likeness (QED) is 0.372. The van der Waals surface area contributed by atoms with Crippen molar-refractivity contribution in [1.29, 1.82) is 0 Å². The van der Waals surface area contributed by atoms with E-state index in [1.54, 1.807) is 25.3 Å². The standard InChI is InChI=1S/C25H24Cl2N2O6/c1-32-16-6-4-15(5-7-16)11-29-23(31)14-35-24-17(8-9-22(33-2)25(24)34-3)21(30)10-18-19(26)12-28-13-20(18)27/h4-9,12-13H,10-11,14H2,1-3H3,(H,29,31). The van der Waals surface area contributed by atoms with Gasteiger partial charge in [0.2, 0.25) is 5.75 Å². The minimum atomic E-state index is -0.385. The average molecular weight is 519 g/mol. The summed E-state index contributed by atoms with van der Waals surface area (Å²) in [4.78, 5) is 29.6. The third-order valence-electron chi connectivity index (χ3n) is 5.09. The van der Waals surface area contributed by atoms with Gasteiger partial charge in [-0.3, -0.25) is 14.6 Å². The molecule has 1 N–H and O–H groups in total. The third kappa shape index (κ3) is 6.55. The lowest BCUT2D eigenvalue weighted by atomic mass is 10.0. The number of ketones is 1. The Hall–Kier alpha value is -3.49. The van der Waals surface area contributed by atoms with Gasteiger partial charge in [-0.2, -0.15) is 0 Å². The van der Waals surface area contributed by atoms with Crippen LogP contribution in [-0.4, -0.2) is 44.6 Å². The highest BCUT2D eigenvalue weighted by Crippen LogP contribution is 2.41. The van der Waals surface area contributed by atoms with E-state index >= 15 is 0 Å². The van der Waals surface area contributed by atoms with Gasteiger partial charge in [0.25, 0.3) is 5.91 Å². The molecule has 0 bridgehead atoms. The van der Waals surface area contributed by atoms with Gasteiger partial charge in [-0.1, -0.05) is 35.3 Å². The van der Waals surface area contributed by atoms with Crippen LogP contribution < -0.4 is 24.3 Å². The Morgan fingerprint density at radius 1 is 0.886 bits per heavy atom. The molecule has 0 spiro atoms. The fourth-order valence-electron chi connectivity index (χ4n) is 3.26. The van der Waals surface area contributed by atoms with Gasteiger partial charge in [0.05, 0.1) is 36.9 Å². The first-order valence-corrected chi connectivity index (χ1v) is 11.2. The van der Waals surface area contributed by atoms with Crippen LogP contribution in [0.25, 0.3) is 0 Å². The summed E-state index contributed by atoms with van der Waals surface area (Å²) < 4.78 is 21.7. The van der Waals surface area contributed by atoms with E-state index in [9.17, 15) is 9.59 Å². The normalized spacial score (nSPS) is 10.4. The first-order chi connectivity index (χ1) is 16.9. The van der Waals surface area contributed by atoms with E-state index in [0.717, 1.165) is 11.3 Å². The first-order valence-electron chi connectivity index (χ1n) is 10.5. The van der Waals surface area contributed by atoms with E-state index in [-0.39, 0.29) is 51.8 Å². The minimum absolute atomic E-state index is 0.0812. The Morgan fingerprint density at radius 3 is 2.17 bits per heavy atom. The molecule has 0 radical (unpaired) electrons. The molecule has 1 aromatic heterocycles. The highest BCUT2D eigenvalue weighted by atomic mass is 35.5. The zero-order valence-corrected chi connectivity index (χ0v) is 20.9.